The molecule has 0 unspecified atom stereocenters. The van der Waals surface area contributed by atoms with E-state index in [9.17, 15) is 4.79 Å². The van der Waals surface area contributed by atoms with Crippen LogP contribution in [0, 0.1) is 5.41 Å². The summed E-state index contributed by atoms with van der Waals surface area (Å²) in [6.07, 6.45) is 1.47. The Bertz CT molecular complexity index is 423. The smallest absolute Gasteiger partial charge is 0.356 e. The van der Waals surface area contributed by atoms with Crippen molar-refractivity contribution in [2.75, 3.05) is 20.8 Å². The maximum Gasteiger partial charge on any atom is 0.356 e. The van der Waals surface area contributed by atoms with Gasteiger partial charge in [-0.1, -0.05) is 20.8 Å². The minimum absolute atomic E-state index is 0.0338. The van der Waals surface area contributed by atoms with E-state index in [0.717, 1.165) is 0 Å². The number of carbonyl (C=O) groups excluding carboxylic acids is 1. The van der Waals surface area contributed by atoms with Crippen molar-refractivity contribution in [3.05, 3.63) is 18.0 Å². The van der Waals surface area contributed by atoms with Crippen molar-refractivity contribution in [1.29, 1.82) is 0 Å². The molecule has 1 heterocycles. The minimum atomic E-state index is -0.504. The topological polar surface area (TPSA) is 57.7 Å². The molecule has 0 atom stereocenters. The Labute approximate surface area is 107 Å². The van der Waals surface area contributed by atoms with Crippen LogP contribution in [0.5, 0.6) is 11.5 Å². The summed E-state index contributed by atoms with van der Waals surface area (Å²) in [5, 5.41) is 0. The molecule has 0 aromatic carbocycles. The third-order valence-corrected chi connectivity index (χ3v) is 2.11. The van der Waals surface area contributed by atoms with E-state index in [-0.39, 0.29) is 11.1 Å². The number of hydrogen-bond donors (Lipinski definition) is 0. The van der Waals surface area contributed by atoms with Crippen LogP contribution in [0.1, 0.15) is 31.3 Å². The van der Waals surface area contributed by atoms with Crippen LogP contribution < -0.4 is 9.47 Å². The van der Waals surface area contributed by atoms with E-state index in [1.54, 1.807) is 0 Å². The molecule has 0 spiro atoms. The summed E-state index contributed by atoms with van der Waals surface area (Å²) in [5.41, 5.74) is 0.226. The highest BCUT2D eigenvalue weighted by molar-refractivity contribution is 5.87. The molecule has 1 aromatic rings. The molecule has 100 valence electrons. The predicted octanol–water partition coefficient (Wildman–Crippen LogP) is 2.30. The van der Waals surface area contributed by atoms with Gasteiger partial charge in [0, 0.05) is 6.07 Å². The third kappa shape index (κ3) is 3.91. The number of rotatable bonds is 4. The minimum Gasteiger partial charge on any atom is -0.493 e. The highest BCUT2D eigenvalue weighted by Gasteiger charge is 2.16. The molecule has 0 N–H and O–H groups in total. The van der Waals surface area contributed by atoms with Gasteiger partial charge < -0.3 is 14.2 Å². The molecule has 0 radical (unpaired) electrons. The third-order valence-electron chi connectivity index (χ3n) is 2.11. The largest absolute Gasteiger partial charge is 0.493 e. The molecule has 0 fully saturated rings. The van der Waals surface area contributed by atoms with E-state index in [4.69, 9.17) is 9.47 Å². The summed E-state index contributed by atoms with van der Waals surface area (Å²) < 4.78 is 15.4. The molecule has 1 aromatic heterocycles. The van der Waals surface area contributed by atoms with Gasteiger partial charge >= 0.3 is 5.97 Å². The monoisotopic (exact) mass is 253 g/mol. The van der Waals surface area contributed by atoms with Crippen LogP contribution in [0.15, 0.2) is 12.3 Å². The molecule has 0 amide bonds. The van der Waals surface area contributed by atoms with Crippen LogP contribution in [-0.4, -0.2) is 31.8 Å². The lowest BCUT2D eigenvalue weighted by Crippen LogP contribution is -2.17. The van der Waals surface area contributed by atoms with Gasteiger partial charge in [-0.15, -0.1) is 0 Å². The summed E-state index contributed by atoms with van der Waals surface area (Å²) in [4.78, 5) is 15.3. The molecule has 1 rings (SSSR count). The lowest BCUT2D eigenvalue weighted by Gasteiger charge is -2.19. The van der Waals surface area contributed by atoms with E-state index in [1.165, 1.54) is 26.5 Å². The van der Waals surface area contributed by atoms with Gasteiger partial charge in [-0.3, -0.25) is 0 Å². The van der Waals surface area contributed by atoms with Gasteiger partial charge in [0.2, 0.25) is 0 Å². The summed E-state index contributed by atoms with van der Waals surface area (Å²) in [5.74, 6) is 0.477. The maximum absolute atomic E-state index is 11.3. The first kappa shape index (κ1) is 14.3. The average Bonchev–Trinajstić information content (AvgIpc) is 2.34. The number of hydrogen-bond acceptors (Lipinski definition) is 5. The molecular weight excluding hydrogens is 234 g/mol. The van der Waals surface area contributed by atoms with Crippen molar-refractivity contribution in [1.82, 2.24) is 4.98 Å². The van der Waals surface area contributed by atoms with Crippen molar-refractivity contribution in [3.63, 3.8) is 0 Å². The summed E-state index contributed by atoms with van der Waals surface area (Å²) >= 11 is 0. The summed E-state index contributed by atoms with van der Waals surface area (Å²) in [7, 11) is 2.82. The van der Waals surface area contributed by atoms with Crippen LogP contribution >= 0.6 is 0 Å². The summed E-state index contributed by atoms with van der Waals surface area (Å²) in [6, 6.07) is 1.50. The first-order valence-corrected chi connectivity index (χ1v) is 5.62. The predicted molar refractivity (Wildman–Crippen MR) is 67.1 cm³/mol. The van der Waals surface area contributed by atoms with Gasteiger partial charge in [0.05, 0.1) is 27.0 Å². The van der Waals surface area contributed by atoms with E-state index >= 15 is 0 Å². The average molecular weight is 253 g/mol. The molecule has 18 heavy (non-hydrogen) atoms. The number of esters is 1. The van der Waals surface area contributed by atoms with E-state index in [2.05, 4.69) is 30.5 Å². The first-order valence-electron chi connectivity index (χ1n) is 5.62. The van der Waals surface area contributed by atoms with Crippen molar-refractivity contribution >= 4 is 5.97 Å². The van der Waals surface area contributed by atoms with E-state index < -0.39 is 5.97 Å². The van der Waals surface area contributed by atoms with Gasteiger partial charge in [0.1, 0.15) is 0 Å². The first-order chi connectivity index (χ1) is 8.37. The SMILES string of the molecule is COC(=O)c1cc(OC)c(OCC(C)(C)C)cn1. The zero-order valence-corrected chi connectivity index (χ0v) is 11.4. The maximum atomic E-state index is 11.3. The van der Waals surface area contributed by atoms with E-state index in [0.29, 0.717) is 18.1 Å². The second-order valence-corrected chi connectivity index (χ2v) is 5.06. The molecule has 0 saturated carbocycles. The Morgan fingerprint density at radius 1 is 1.28 bits per heavy atom. The van der Waals surface area contributed by atoms with Crippen molar-refractivity contribution in [2.24, 2.45) is 5.41 Å². The number of ether oxygens (including phenoxy) is 3. The molecule has 0 aliphatic rings. The van der Waals surface area contributed by atoms with Crippen LogP contribution in [0.4, 0.5) is 0 Å². The molecule has 0 bridgehead atoms. The molecular formula is C13H19NO4. The van der Waals surface area contributed by atoms with Gasteiger partial charge in [-0.25, -0.2) is 9.78 Å². The Morgan fingerprint density at radius 3 is 2.44 bits per heavy atom. The van der Waals surface area contributed by atoms with Crippen molar-refractivity contribution in [3.8, 4) is 11.5 Å². The second-order valence-electron chi connectivity index (χ2n) is 5.06. The Hall–Kier alpha value is -1.78. The fraction of sp³-hybridized carbons (Fsp3) is 0.538. The normalized spacial score (nSPS) is 10.9. The molecule has 5 nitrogen and oxygen atoms in total. The lowest BCUT2D eigenvalue weighted by molar-refractivity contribution is 0.0593. The highest BCUT2D eigenvalue weighted by atomic mass is 16.5. The molecule has 0 aliphatic carbocycles. The fourth-order valence-electron chi connectivity index (χ4n) is 1.20. The number of methoxy groups -OCH3 is 2. The fourth-order valence-corrected chi connectivity index (χ4v) is 1.20. The lowest BCUT2D eigenvalue weighted by atomic mass is 9.99. The standard InChI is InChI=1S/C13H19NO4/c1-13(2,3)8-18-11-7-14-9(12(15)17-5)6-10(11)16-4/h6-7H,8H2,1-5H3. The van der Waals surface area contributed by atoms with Crippen molar-refractivity contribution < 1.29 is 19.0 Å². The summed E-state index contributed by atoms with van der Waals surface area (Å²) in [6.45, 7) is 6.73. The number of nitrogens with zero attached hydrogens (tertiary/aromatic N) is 1. The Morgan fingerprint density at radius 2 is 1.94 bits per heavy atom. The van der Waals surface area contributed by atoms with Gasteiger partial charge in [-0.2, -0.15) is 0 Å². The van der Waals surface area contributed by atoms with Crippen LogP contribution in [0.3, 0.4) is 0 Å². The quantitative estimate of drug-likeness (QED) is 0.771. The molecule has 0 saturated heterocycles. The number of aromatic nitrogens is 1. The Balaban J connectivity index is 2.90. The number of pyridine rings is 1. The van der Waals surface area contributed by atoms with E-state index in [1.807, 2.05) is 0 Å². The second kappa shape index (κ2) is 5.71. The Kier molecular flexibility index (Phi) is 4.53. The van der Waals surface area contributed by atoms with Crippen molar-refractivity contribution in [2.45, 2.75) is 20.8 Å². The van der Waals surface area contributed by atoms with Crippen LogP contribution in [-0.2, 0) is 4.74 Å². The zero-order chi connectivity index (χ0) is 13.8. The van der Waals surface area contributed by atoms with Crippen LogP contribution in [0.25, 0.3) is 0 Å². The van der Waals surface area contributed by atoms with Gasteiger partial charge in [0.25, 0.3) is 0 Å². The van der Waals surface area contributed by atoms with Gasteiger partial charge in [-0.05, 0) is 5.41 Å². The highest BCUT2D eigenvalue weighted by Crippen LogP contribution is 2.28. The van der Waals surface area contributed by atoms with Crippen LogP contribution in [0.2, 0.25) is 0 Å². The molecule has 0 aliphatic heterocycles. The zero-order valence-electron chi connectivity index (χ0n) is 11.4. The number of carbonyl (C=O) groups is 1. The molecule has 5 heteroatoms. The van der Waals surface area contributed by atoms with Gasteiger partial charge in [0.15, 0.2) is 17.2 Å².